The lowest BCUT2D eigenvalue weighted by Crippen LogP contribution is -2.02. The lowest BCUT2D eigenvalue weighted by Gasteiger charge is -2.07. The molecule has 0 spiro atoms. The van der Waals surface area contributed by atoms with Gasteiger partial charge in [0.25, 0.3) is 0 Å². The Kier molecular flexibility index (Phi) is 4.72. The molecule has 0 amide bonds. The molecule has 0 atom stereocenters. The van der Waals surface area contributed by atoms with E-state index >= 15 is 0 Å². The van der Waals surface area contributed by atoms with Gasteiger partial charge in [-0.3, -0.25) is 0 Å². The molecule has 0 aliphatic rings. The third-order valence-electron chi connectivity index (χ3n) is 4.11. The van der Waals surface area contributed by atoms with Crippen LogP contribution in [-0.4, -0.2) is 30.4 Å². The first-order valence-corrected chi connectivity index (χ1v) is 9.47. The summed E-state index contributed by atoms with van der Waals surface area (Å²) in [6.45, 7) is 6.15. The maximum Gasteiger partial charge on any atom is 0.247 e. The molecule has 0 aliphatic carbocycles. The Bertz CT molecular complexity index is 1070. The number of rotatable bonds is 5. The molecule has 0 aliphatic heterocycles. The summed E-state index contributed by atoms with van der Waals surface area (Å²) in [4.78, 5) is 0. The van der Waals surface area contributed by atoms with Gasteiger partial charge in [-0.15, -0.1) is 15.3 Å². The van der Waals surface area contributed by atoms with Crippen LogP contribution in [0.15, 0.2) is 52.0 Å². The molecule has 0 fully saturated rings. The number of hydrogen-bond acceptors (Lipinski definition) is 7. The third-order valence-corrected chi connectivity index (χ3v) is 5.02. The number of hydrogen-bond donors (Lipinski definition) is 0. The van der Waals surface area contributed by atoms with Gasteiger partial charge in [0.2, 0.25) is 16.9 Å². The molecule has 0 N–H and O–H groups in total. The van der Waals surface area contributed by atoms with Gasteiger partial charge in [-0.1, -0.05) is 47.2 Å². The summed E-state index contributed by atoms with van der Waals surface area (Å²) < 4.78 is 7.50. The minimum Gasteiger partial charge on any atom is -0.420 e. The predicted octanol–water partition coefficient (Wildman–Crippen LogP) is 3.93. The summed E-state index contributed by atoms with van der Waals surface area (Å²) in [6, 6.07) is 14.2. The average Bonchev–Trinajstić information content (AvgIpc) is 3.30. The Morgan fingerprint density at radius 2 is 1.70 bits per heavy atom. The second-order valence-corrected chi connectivity index (χ2v) is 7.26. The van der Waals surface area contributed by atoms with E-state index in [1.54, 1.807) is 4.68 Å². The van der Waals surface area contributed by atoms with Gasteiger partial charge < -0.3 is 4.42 Å². The highest BCUT2D eigenvalue weighted by Crippen LogP contribution is 2.25. The molecule has 136 valence electrons. The van der Waals surface area contributed by atoms with Crippen molar-refractivity contribution in [3.8, 4) is 17.1 Å². The zero-order chi connectivity index (χ0) is 18.8. The largest absolute Gasteiger partial charge is 0.420 e. The molecule has 4 rings (SSSR count). The van der Waals surface area contributed by atoms with Crippen LogP contribution in [0.4, 0.5) is 0 Å². The Labute approximate surface area is 160 Å². The summed E-state index contributed by atoms with van der Waals surface area (Å²) >= 11 is 1.46. The van der Waals surface area contributed by atoms with Crippen molar-refractivity contribution in [1.29, 1.82) is 0 Å². The summed E-state index contributed by atoms with van der Waals surface area (Å²) in [5, 5.41) is 21.0. The molecule has 8 heteroatoms. The Balaban J connectivity index is 1.50. The molecule has 0 saturated heterocycles. The highest BCUT2D eigenvalue weighted by molar-refractivity contribution is 7.98. The van der Waals surface area contributed by atoms with Crippen LogP contribution < -0.4 is 0 Å². The first kappa shape index (κ1) is 17.4. The second kappa shape index (κ2) is 7.32. The van der Waals surface area contributed by atoms with Gasteiger partial charge >= 0.3 is 0 Å². The first-order chi connectivity index (χ1) is 13.1. The summed E-state index contributed by atoms with van der Waals surface area (Å²) in [5.41, 5.74) is 5.37. The lowest BCUT2D eigenvalue weighted by atomic mass is 10.1. The minimum absolute atomic E-state index is 0.490. The average molecular weight is 378 g/mol. The molecule has 2 heterocycles. The van der Waals surface area contributed by atoms with Gasteiger partial charge in [0.1, 0.15) is 0 Å². The molecule has 2 aromatic heterocycles. The first-order valence-electron chi connectivity index (χ1n) is 8.48. The third kappa shape index (κ3) is 3.75. The topological polar surface area (TPSA) is 82.5 Å². The van der Waals surface area contributed by atoms with E-state index in [2.05, 4.69) is 38.7 Å². The van der Waals surface area contributed by atoms with Crippen LogP contribution in [-0.2, 0) is 5.75 Å². The van der Waals surface area contributed by atoms with E-state index in [0.717, 1.165) is 16.8 Å². The van der Waals surface area contributed by atoms with Crippen LogP contribution in [0.25, 0.3) is 17.1 Å². The lowest BCUT2D eigenvalue weighted by molar-refractivity contribution is 0.528. The Morgan fingerprint density at radius 3 is 2.48 bits per heavy atom. The van der Waals surface area contributed by atoms with Gasteiger partial charge in [0.15, 0.2) is 0 Å². The van der Waals surface area contributed by atoms with Crippen molar-refractivity contribution < 1.29 is 4.42 Å². The Hall–Kier alpha value is -3.00. The summed E-state index contributed by atoms with van der Waals surface area (Å²) in [7, 11) is 0. The molecule has 0 saturated carbocycles. The van der Waals surface area contributed by atoms with Gasteiger partial charge in [-0.05, 0) is 55.0 Å². The van der Waals surface area contributed by atoms with Gasteiger partial charge in [-0.2, -0.15) is 4.68 Å². The van der Waals surface area contributed by atoms with E-state index in [1.807, 2.05) is 50.2 Å². The molecule has 27 heavy (non-hydrogen) atoms. The number of thioether (sulfide) groups is 1. The number of tetrazole rings is 1. The van der Waals surface area contributed by atoms with Crippen LogP contribution >= 0.6 is 11.8 Å². The van der Waals surface area contributed by atoms with Crippen LogP contribution in [0.5, 0.6) is 0 Å². The Morgan fingerprint density at radius 1 is 0.926 bits per heavy atom. The molecule has 2 aromatic carbocycles. The van der Waals surface area contributed by atoms with E-state index in [-0.39, 0.29) is 0 Å². The summed E-state index contributed by atoms with van der Waals surface area (Å²) in [6.07, 6.45) is 0. The fourth-order valence-electron chi connectivity index (χ4n) is 2.71. The molecular weight excluding hydrogens is 360 g/mol. The quantitative estimate of drug-likeness (QED) is 0.487. The maximum atomic E-state index is 5.77. The molecule has 0 bridgehead atoms. The fraction of sp³-hybridized carbons (Fsp3) is 0.211. The predicted molar refractivity (Wildman–Crippen MR) is 103 cm³/mol. The molecular formula is C19H18N6OS. The fourth-order valence-corrected chi connectivity index (χ4v) is 3.43. The zero-order valence-electron chi connectivity index (χ0n) is 15.2. The van der Waals surface area contributed by atoms with E-state index in [4.69, 9.17) is 4.42 Å². The monoisotopic (exact) mass is 378 g/mol. The van der Waals surface area contributed by atoms with Crippen molar-refractivity contribution in [2.45, 2.75) is 31.7 Å². The number of nitrogens with zero attached hydrogens (tertiary/aromatic N) is 6. The van der Waals surface area contributed by atoms with Gasteiger partial charge in [-0.25, -0.2) is 0 Å². The maximum absolute atomic E-state index is 5.77. The number of aromatic nitrogens is 6. The minimum atomic E-state index is 0.490. The molecule has 4 aromatic rings. The SMILES string of the molecule is Cc1ccc(-c2nnc(CSc3nnnn3-c3ccc(C)cc3C)o2)cc1. The molecule has 7 nitrogen and oxygen atoms in total. The van der Waals surface area contributed by atoms with Crippen molar-refractivity contribution in [2.75, 3.05) is 0 Å². The highest BCUT2D eigenvalue weighted by atomic mass is 32.2. The smallest absolute Gasteiger partial charge is 0.247 e. The number of benzene rings is 2. The van der Waals surface area contributed by atoms with E-state index < -0.39 is 0 Å². The van der Waals surface area contributed by atoms with Gasteiger partial charge in [0.05, 0.1) is 11.4 Å². The van der Waals surface area contributed by atoms with Crippen molar-refractivity contribution in [3.63, 3.8) is 0 Å². The van der Waals surface area contributed by atoms with Gasteiger partial charge in [0, 0.05) is 5.56 Å². The van der Waals surface area contributed by atoms with E-state index in [1.165, 1.54) is 22.9 Å². The van der Waals surface area contributed by atoms with Crippen LogP contribution in [0.1, 0.15) is 22.6 Å². The van der Waals surface area contributed by atoms with Crippen LogP contribution in [0.2, 0.25) is 0 Å². The standard InChI is InChI=1S/C19H18N6OS/c1-12-4-7-15(8-5-12)18-21-20-17(26-18)11-27-19-22-23-24-25(19)16-9-6-13(2)10-14(16)3/h4-10H,11H2,1-3H3. The van der Waals surface area contributed by atoms with Crippen molar-refractivity contribution >= 4 is 11.8 Å². The molecule has 0 radical (unpaired) electrons. The van der Waals surface area contributed by atoms with E-state index in [0.29, 0.717) is 22.7 Å². The van der Waals surface area contributed by atoms with Crippen molar-refractivity contribution in [2.24, 2.45) is 0 Å². The van der Waals surface area contributed by atoms with E-state index in [9.17, 15) is 0 Å². The normalized spacial score (nSPS) is 11.1. The van der Waals surface area contributed by atoms with Crippen molar-refractivity contribution in [1.82, 2.24) is 30.4 Å². The highest BCUT2D eigenvalue weighted by Gasteiger charge is 2.14. The number of aryl methyl sites for hydroxylation is 3. The second-order valence-electron chi connectivity index (χ2n) is 6.32. The van der Waals surface area contributed by atoms with Crippen LogP contribution in [0.3, 0.4) is 0 Å². The van der Waals surface area contributed by atoms with Crippen molar-refractivity contribution in [3.05, 3.63) is 65.0 Å². The zero-order valence-corrected chi connectivity index (χ0v) is 16.1. The van der Waals surface area contributed by atoms with Crippen LogP contribution in [0, 0.1) is 20.8 Å². The summed E-state index contributed by atoms with van der Waals surface area (Å²) in [5.74, 6) is 1.54. The molecule has 0 unspecified atom stereocenters.